The van der Waals surface area contributed by atoms with Crippen molar-refractivity contribution in [3.05, 3.63) is 46.3 Å². The van der Waals surface area contributed by atoms with Gasteiger partial charge < -0.3 is 20.1 Å². The van der Waals surface area contributed by atoms with E-state index in [9.17, 15) is 0 Å². The lowest BCUT2D eigenvalue weighted by atomic mass is 10.1. The van der Waals surface area contributed by atoms with Crippen molar-refractivity contribution in [2.75, 3.05) is 24.5 Å². The molecule has 146 valence electrons. The molecular formula is C20H28BrN5O. The number of aromatic nitrogens is 1. The summed E-state index contributed by atoms with van der Waals surface area (Å²) in [6.07, 6.45) is 1.07. The second kappa shape index (κ2) is 9.26. The lowest BCUT2D eigenvalue weighted by molar-refractivity contribution is 0.376. The van der Waals surface area contributed by atoms with Crippen LogP contribution in [0.15, 0.2) is 44.3 Å². The minimum absolute atomic E-state index is 0.357. The summed E-state index contributed by atoms with van der Waals surface area (Å²) in [5.74, 6) is 1.97. The molecule has 3 rings (SSSR count). The van der Waals surface area contributed by atoms with Gasteiger partial charge in [-0.1, -0.05) is 31.1 Å². The third-order valence-corrected chi connectivity index (χ3v) is 5.30. The number of rotatable bonds is 6. The molecule has 6 nitrogen and oxygen atoms in total. The number of guanidine groups is 1. The lowest BCUT2D eigenvalue weighted by Crippen LogP contribution is -2.44. The highest BCUT2D eigenvalue weighted by atomic mass is 79.9. The molecule has 2 aromatic rings. The van der Waals surface area contributed by atoms with Gasteiger partial charge in [-0.3, -0.25) is 0 Å². The second-order valence-electron chi connectivity index (χ2n) is 7.10. The van der Waals surface area contributed by atoms with Crippen molar-refractivity contribution in [3.63, 3.8) is 0 Å². The highest BCUT2D eigenvalue weighted by molar-refractivity contribution is 9.10. The average molecular weight is 434 g/mol. The summed E-state index contributed by atoms with van der Waals surface area (Å²) in [6, 6.07) is 10.7. The van der Waals surface area contributed by atoms with Crippen molar-refractivity contribution in [3.8, 4) is 0 Å². The van der Waals surface area contributed by atoms with E-state index in [1.807, 2.05) is 12.1 Å². The van der Waals surface area contributed by atoms with E-state index in [0.717, 1.165) is 47.9 Å². The molecule has 1 aliphatic heterocycles. The molecule has 27 heavy (non-hydrogen) atoms. The van der Waals surface area contributed by atoms with E-state index in [2.05, 4.69) is 80.6 Å². The molecule has 0 spiro atoms. The standard InChI is InChI=1S/C20H28BrN5O/c1-4-22-20(23-12-16-11-18(14(2)3)25-27-16)24-15-9-10-26(13-15)19-8-6-5-7-17(19)21/h5-8,11,14-15H,4,9-10,12-13H2,1-3H3,(H2,22,23,24). The molecule has 1 aromatic heterocycles. The van der Waals surface area contributed by atoms with Crippen molar-refractivity contribution in [1.29, 1.82) is 0 Å². The summed E-state index contributed by atoms with van der Waals surface area (Å²) in [5, 5.41) is 11.0. The maximum absolute atomic E-state index is 5.39. The Hall–Kier alpha value is -2.02. The van der Waals surface area contributed by atoms with Gasteiger partial charge in [-0.25, -0.2) is 4.99 Å². The van der Waals surface area contributed by atoms with Gasteiger partial charge in [-0.15, -0.1) is 0 Å². The van der Waals surface area contributed by atoms with E-state index < -0.39 is 0 Å². The van der Waals surface area contributed by atoms with Gasteiger partial charge in [-0.2, -0.15) is 0 Å². The third-order valence-electron chi connectivity index (χ3n) is 4.63. The molecule has 1 aliphatic rings. The van der Waals surface area contributed by atoms with Crippen LogP contribution in [0.4, 0.5) is 5.69 Å². The molecule has 7 heteroatoms. The van der Waals surface area contributed by atoms with Gasteiger partial charge in [0.05, 0.1) is 11.4 Å². The van der Waals surface area contributed by atoms with Gasteiger partial charge in [0.15, 0.2) is 11.7 Å². The first kappa shape index (κ1) is 19.7. The van der Waals surface area contributed by atoms with Crippen LogP contribution < -0.4 is 15.5 Å². The molecule has 0 radical (unpaired) electrons. The zero-order valence-electron chi connectivity index (χ0n) is 16.2. The minimum atomic E-state index is 0.357. The highest BCUT2D eigenvalue weighted by Gasteiger charge is 2.24. The molecule has 1 saturated heterocycles. The van der Waals surface area contributed by atoms with Gasteiger partial charge in [0, 0.05) is 36.2 Å². The number of aliphatic imine (C=N–C) groups is 1. The van der Waals surface area contributed by atoms with Gasteiger partial charge in [0.1, 0.15) is 6.54 Å². The normalized spacial score (nSPS) is 17.6. The molecule has 1 unspecified atom stereocenters. The Morgan fingerprint density at radius 1 is 1.41 bits per heavy atom. The summed E-state index contributed by atoms with van der Waals surface area (Å²) in [7, 11) is 0. The molecular weight excluding hydrogens is 406 g/mol. The summed E-state index contributed by atoms with van der Waals surface area (Å²) in [6.45, 7) is 9.56. The van der Waals surface area contributed by atoms with Crippen LogP contribution in [0.5, 0.6) is 0 Å². The van der Waals surface area contributed by atoms with Crippen LogP contribution in [-0.4, -0.2) is 36.8 Å². The zero-order valence-corrected chi connectivity index (χ0v) is 17.8. The van der Waals surface area contributed by atoms with Gasteiger partial charge in [0.25, 0.3) is 0 Å². The quantitative estimate of drug-likeness (QED) is 0.534. The number of nitrogens with one attached hydrogen (secondary N) is 2. The Labute approximate surface area is 169 Å². The maximum atomic E-state index is 5.39. The van der Waals surface area contributed by atoms with E-state index in [-0.39, 0.29) is 0 Å². The summed E-state index contributed by atoms with van der Waals surface area (Å²) >= 11 is 3.65. The third kappa shape index (κ3) is 5.25. The average Bonchev–Trinajstić information content (AvgIpc) is 3.30. The SMILES string of the molecule is CCNC(=NCc1cc(C(C)C)no1)NC1CCN(c2ccccc2Br)C1. The minimum Gasteiger partial charge on any atom is -0.368 e. The van der Waals surface area contributed by atoms with E-state index in [1.165, 1.54) is 5.69 Å². The van der Waals surface area contributed by atoms with Gasteiger partial charge in [0.2, 0.25) is 0 Å². The molecule has 0 saturated carbocycles. The van der Waals surface area contributed by atoms with Crippen molar-refractivity contribution < 1.29 is 4.52 Å². The van der Waals surface area contributed by atoms with E-state index in [4.69, 9.17) is 4.52 Å². The Morgan fingerprint density at radius 3 is 2.93 bits per heavy atom. The zero-order chi connectivity index (χ0) is 19.2. The number of nitrogens with zero attached hydrogens (tertiary/aromatic N) is 3. The number of hydrogen-bond acceptors (Lipinski definition) is 4. The maximum Gasteiger partial charge on any atom is 0.191 e. The first-order chi connectivity index (χ1) is 13.1. The van der Waals surface area contributed by atoms with Crippen molar-refractivity contribution in [2.45, 2.75) is 45.7 Å². The molecule has 1 aromatic carbocycles. The number of halogens is 1. The number of benzene rings is 1. The second-order valence-corrected chi connectivity index (χ2v) is 7.95. The lowest BCUT2D eigenvalue weighted by Gasteiger charge is -2.21. The molecule has 0 amide bonds. The fourth-order valence-corrected chi connectivity index (χ4v) is 3.69. The summed E-state index contributed by atoms with van der Waals surface area (Å²) in [4.78, 5) is 7.07. The summed E-state index contributed by atoms with van der Waals surface area (Å²) < 4.78 is 6.52. The van der Waals surface area contributed by atoms with E-state index >= 15 is 0 Å². The van der Waals surface area contributed by atoms with Crippen molar-refractivity contribution >= 4 is 27.6 Å². The van der Waals surface area contributed by atoms with Crippen molar-refractivity contribution in [1.82, 2.24) is 15.8 Å². The van der Waals surface area contributed by atoms with Crippen LogP contribution in [0.25, 0.3) is 0 Å². The van der Waals surface area contributed by atoms with Crippen LogP contribution in [0.1, 0.15) is 44.6 Å². The Bertz CT molecular complexity index is 773. The summed E-state index contributed by atoms with van der Waals surface area (Å²) in [5.41, 5.74) is 2.21. The molecule has 1 atom stereocenters. The van der Waals surface area contributed by atoms with Crippen LogP contribution in [0, 0.1) is 0 Å². The number of hydrogen-bond donors (Lipinski definition) is 2. The Balaban J connectivity index is 1.60. The van der Waals surface area contributed by atoms with Gasteiger partial charge >= 0.3 is 0 Å². The Morgan fingerprint density at radius 2 is 2.22 bits per heavy atom. The van der Waals surface area contributed by atoms with Gasteiger partial charge in [-0.05, 0) is 47.3 Å². The van der Waals surface area contributed by atoms with Crippen molar-refractivity contribution in [2.24, 2.45) is 4.99 Å². The molecule has 2 heterocycles. The molecule has 2 N–H and O–H groups in total. The van der Waals surface area contributed by atoms with Crippen LogP contribution in [-0.2, 0) is 6.54 Å². The molecule has 0 aliphatic carbocycles. The van der Waals surface area contributed by atoms with Crippen LogP contribution in [0.2, 0.25) is 0 Å². The topological polar surface area (TPSA) is 65.7 Å². The fraction of sp³-hybridized carbons (Fsp3) is 0.500. The van der Waals surface area contributed by atoms with Crippen LogP contribution in [0.3, 0.4) is 0 Å². The molecule has 1 fully saturated rings. The smallest absolute Gasteiger partial charge is 0.191 e. The fourth-order valence-electron chi connectivity index (χ4n) is 3.15. The first-order valence-electron chi connectivity index (χ1n) is 9.56. The predicted molar refractivity (Wildman–Crippen MR) is 113 cm³/mol. The number of anilines is 1. The predicted octanol–water partition coefficient (Wildman–Crippen LogP) is 3.89. The first-order valence-corrected chi connectivity index (χ1v) is 10.4. The molecule has 0 bridgehead atoms. The highest BCUT2D eigenvalue weighted by Crippen LogP contribution is 2.28. The van der Waals surface area contributed by atoms with E-state index in [0.29, 0.717) is 18.5 Å². The Kier molecular flexibility index (Phi) is 6.77. The largest absolute Gasteiger partial charge is 0.368 e. The van der Waals surface area contributed by atoms with E-state index in [1.54, 1.807) is 0 Å². The number of para-hydroxylation sites is 1. The van der Waals surface area contributed by atoms with Crippen LogP contribution >= 0.6 is 15.9 Å². The monoisotopic (exact) mass is 433 g/mol.